The molecule has 20 heavy (non-hydrogen) atoms. The number of nitro groups is 1. The van der Waals surface area contributed by atoms with Crippen LogP contribution in [-0.4, -0.2) is 43.1 Å². The molecule has 0 bridgehead atoms. The van der Waals surface area contributed by atoms with Crippen molar-refractivity contribution in [3.05, 3.63) is 33.9 Å². The van der Waals surface area contributed by atoms with Gasteiger partial charge in [0.15, 0.2) is 0 Å². The predicted octanol–water partition coefficient (Wildman–Crippen LogP) is 2.03. The van der Waals surface area contributed by atoms with E-state index in [1.165, 1.54) is 13.2 Å². The Hall–Kier alpha value is -1.66. The summed E-state index contributed by atoms with van der Waals surface area (Å²) in [6, 6.07) is 5.32. The zero-order valence-corrected chi connectivity index (χ0v) is 12.5. The van der Waals surface area contributed by atoms with Gasteiger partial charge in [-0.15, -0.1) is 0 Å². The first-order chi connectivity index (χ1) is 9.43. The Kier molecular flexibility index (Phi) is 6.41. The van der Waals surface area contributed by atoms with Gasteiger partial charge < -0.3 is 15.0 Å². The fraction of sp³-hybridized carbons (Fsp3) is 0.571. The number of nitrogens with zero attached hydrogens (tertiary/aromatic N) is 2. The number of non-ortho nitro benzene ring substituents is 1. The molecule has 0 aliphatic heterocycles. The first kappa shape index (κ1) is 16.4. The van der Waals surface area contributed by atoms with Crippen LogP contribution < -0.4 is 10.1 Å². The average Bonchev–Trinajstić information content (AvgIpc) is 2.42. The molecule has 0 aliphatic rings. The number of benzene rings is 1. The van der Waals surface area contributed by atoms with Gasteiger partial charge in [0.2, 0.25) is 0 Å². The molecular formula is C14H23N3O3. The standard InChI is InChI=1S/C14H23N3O3/c1-11(2)16(3)6-5-15-10-12-7-13(17(18)19)9-14(8-12)20-4/h7-9,11,15H,5-6,10H2,1-4H3. The van der Waals surface area contributed by atoms with E-state index in [0.717, 1.165) is 18.7 Å². The van der Waals surface area contributed by atoms with Gasteiger partial charge in [0.1, 0.15) is 5.75 Å². The van der Waals surface area contributed by atoms with Crippen molar-refractivity contribution in [2.75, 3.05) is 27.2 Å². The molecule has 0 radical (unpaired) electrons. The minimum Gasteiger partial charge on any atom is -0.496 e. The molecule has 0 saturated carbocycles. The lowest BCUT2D eigenvalue weighted by Gasteiger charge is -2.20. The van der Waals surface area contributed by atoms with Crippen molar-refractivity contribution in [3.63, 3.8) is 0 Å². The Labute approximate surface area is 119 Å². The van der Waals surface area contributed by atoms with Crippen LogP contribution in [-0.2, 0) is 6.54 Å². The highest BCUT2D eigenvalue weighted by Gasteiger charge is 2.10. The Morgan fingerprint density at radius 1 is 1.40 bits per heavy atom. The second-order valence-electron chi connectivity index (χ2n) is 5.05. The summed E-state index contributed by atoms with van der Waals surface area (Å²) in [4.78, 5) is 12.7. The van der Waals surface area contributed by atoms with Gasteiger partial charge in [0.05, 0.1) is 18.1 Å². The molecule has 0 unspecified atom stereocenters. The number of methoxy groups -OCH3 is 1. The average molecular weight is 281 g/mol. The van der Waals surface area contributed by atoms with Crippen molar-refractivity contribution < 1.29 is 9.66 Å². The highest BCUT2D eigenvalue weighted by Crippen LogP contribution is 2.22. The van der Waals surface area contributed by atoms with E-state index in [9.17, 15) is 10.1 Å². The summed E-state index contributed by atoms with van der Waals surface area (Å²) in [5, 5.41) is 14.1. The summed E-state index contributed by atoms with van der Waals surface area (Å²) in [5.74, 6) is 0.510. The lowest BCUT2D eigenvalue weighted by Crippen LogP contribution is -2.33. The van der Waals surface area contributed by atoms with E-state index in [1.54, 1.807) is 6.07 Å². The maximum atomic E-state index is 10.8. The van der Waals surface area contributed by atoms with Crippen molar-refractivity contribution in [2.24, 2.45) is 0 Å². The summed E-state index contributed by atoms with van der Waals surface area (Å²) in [5.41, 5.74) is 0.906. The maximum absolute atomic E-state index is 10.8. The smallest absolute Gasteiger partial charge is 0.273 e. The maximum Gasteiger partial charge on any atom is 0.273 e. The van der Waals surface area contributed by atoms with Crippen LogP contribution in [0.25, 0.3) is 0 Å². The largest absolute Gasteiger partial charge is 0.496 e. The van der Waals surface area contributed by atoms with E-state index in [0.29, 0.717) is 18.3 Å². The monoisotopic (exact) mass is 281 g/mol. The van der Waals surface area contributed by atoms with Gasteiger partial charge in [0.25, 0.3) is 5.69 Å². The highest BCUT2D eigenvalue weighted by atomic mass is 16.6. The first-order valence-electron chi connectivity index (χ1n) is 6.67. The molecule has 0 aromatic heterocycles. The molecule has 112 valence electrons. The summed E-state index contributed by atoms with van der Waals surface area (Å²) in [7, 11) is 3.58. The summed E-state index contributed by atoms with van der Waals surface area (Å²) in [6.07, 6.45) is 0. The van der Waals surface area contributed by atoms with Crippen LogP contribution in [0.4, 0.5) is 5.69 Å². The fourth-order valence-corrected chi connectivity index (χ4v) is 1.72. The van der Waals surface area contributed by atoms with E-state index in [1.807, 2.05) is 6.07 Å². The van der Waals surface area contributed by atoms with Crippen LogP contribution in [0.5, 0.6) is 5.75 Å². The van der Waals surface area contributed by atoms with Crippen LogP contribution in [0.2, 0.25) is 0 Å². The van der Waals surface area contributed by atoms with E-state index < -0.39 is 4.92 Å². The van der Waals surface area contributed by atoms with Crippen molar-refractivity contribution >= 4 is 5.69 Å². The van der Waals surface area contributed by atoms with Gasteiger partial charge in [-0.1, -0.05) is 0 Å². The van der Waals surface area contributed by atoms with Gasteiger partial charge >= 0.3 is 0 Å². The summed E-state index contributed by atoms with van der Waals surface area (Å²) in [6.45, 7) is 6.64. The lowest BCUT2D eigenvalue weighted by atomic mass is 10.2. The third-order valence-corrected chi connectivity index (χ3v) is 3.25. The lowest BCUT2D eigenvalue weighted by molar-refractivity contribution is -0.385. The number of nitro benzene ring substituents is 1. The molecule has 6 nitrogen and oxygen atoms in total. The zero-order chi connectivity index (χ0) is 15.1. The van der Waals surface area contributed by atoms with Crippen LogP contribution in [0.1, 0.15) is 19.4 Å². The quantitative estimate of drug-likeness (QED) is 0.448. The molecule has 0 atom stereocenters. The molecule has 1 N–H and O–H groups in total. The third-order valence-electron chi connectivity index (χ3n) is 3.25. The molecule has 0 aliphatic carbocycles. The van der Waals surface area contributed by atoms with Gasteiger partial charge in [-0.3, -0.25) is 10.1 Å². The minimum atomic E-state index is -0.404. The molecule has 0 saturated heterocycles. The van der Waals surface area contributed by atoms with Crippen molar-refractivity contribution in [2.45, 2.75) is 26.4 Å². The zero-order valence-electron chi connectivity index (χ0n) is 12.5. The highest BCUT2D eigenvalue weighted by molar-refractivity contribution is 5.42. The topological polar surface area (TPSA) is 67.6 Å². The van der Waals surface area contributed by atoms with E-state index in [-0.39, 0.29) is 5.69 Å². The number of rotatable bonds is 8. The molecule has 6 heteroatoms. The van der Waals surface area contributed by atoms with E-state index >= 15 is 0 Å². The fourth-order valence-electron chi connectivity index (χ4n) is 1.72. The van der Waals surface area contributed by atoms with Crippen molar-refractivity contribution in [3.8, 4) is 5.75 Å². The second-order valence-corrected chi connectivity index (χ2v) is 5.05. The van der Waals surface area contributed by atoms with Crippen LogP contribution >= 0.6 is 0 Å². The third kappa shape index (κ3) is 5.14. The van der Waals surface area contributed by atoms with E-state index in [4.69, 9.17) is 4.74 Å². The van der Waals surface area contributed by atoms with Gasteiger partial charge in [0, 0.05) is 31.7 Å². The molecule has 1 aromatic rings. The van der Waals surface area contributed by atoms with E-state index in [2.05, 4.69) is 31.1 Å². The molecule has 0 spiro atoms. The summed E-state index contributed by atoms with van der Waals surface area (Å²) >= 11 is 0. The number of likely N-dealkylation sites (N-methyl/N-ethyl adjacent to an activating group) is 1. The molecule has 1 aromatic carbocycles. The van der Waals surface area contributed by atoms with Gasteiger partial charge in [-0.05, 0) is 32.5 Å². The van der Waals surface area contributed by atoms with Crippen molar-refractivity contribution in [1.29, 1.82) is 0 Å². The van der Waals surface area contributed by atoms with Gasteiger partial charge in [-0.2, -0.15) is 0 Å². The first-order valence-corrected chi connectivity index (χ1v) is 6.67. The number of hydrogen-bond donors (Lipinski definition) is 1. The normalized spacial score (nSPS) is 11.1. The molecule has 0 amide bonds. The van der Waals surface area contributed by atoms with Gasteiger partial charge in [-0.25, -0.2) is 0 Å². The molecule has 0 heterocycles. The molecule has 1 rings (SSSR count). The Morgan fingerprint density at radius 3 is 2.65 bits per heavy atom. The Balaban J connectivity index is 2.55. The SMILES string of the molecule is COc1cc(CNCCN(C)C(C)C)cc([N+](=O)[O-])c1. The Morgan fingerprint density at radius 2 is 2.10 bits per heavy atom. The van der Waals surface area contributed by atoms with Crippen molar-refractivity contribution in [1.82, 2.24) is 10.2 Å². The number of hydrogen-bond acceptors (Lipinski definition) is 5. The predicted molar refractivity (Wildman–Crippen MR) is 79.1 cm³/mol. The van der Waals surface area contributed by atoms with Crippen LogP contribution in [0.3, 0.4) is 0 Å². The van der Waals surface area contributed by atoms with Crippen LogP contribution in [0.15, 0.2) is 18.2 Å². The minimum absolute atomic E-state index is 0.0560. The van der Waals surface area contributed by atoms with Crippen LogP contribution in [0, 0.1) is 10.1 Å². The number of ether oxygens (including phenoxy) is 1. The Bertz CT molecular complexity index is 449. The summed E-state index contributed by atoms with van der Waals surface area (Å²) < 4.78 is 5.08. The number of nitrogens with one attached hydrogen (secondary N) is 1. The second kappa shape index (κ2) is 7.81. The molecule has 0 fully saturated rings. The molecular weight excluding hydrogens is 258 g/mol.